The van der Waals surface area contributed by atoms with Gasteiger partial charge in [-0.25, -0.2) is 4.90 Å². The molecule has 0 atom stereocenters. The van der Waals surface area contributed by atoms with Crippen molar-refractivity contribution >= 4 is 28.9 Å². The number of rotatable bonds is 3. The second kappa shape index (κ2) is 6.13. The first-order valence-electron chi connectivity index (χ1n) is 7.79. The molecule has 5 nitrogen and oxygen atoms in total. The molecule has 3 aromatic rings. The van der Waals surface area contributed by atoms with Gasteiger partial charge < -0.3 is 0 Å². The van der Waals surface area contributed by atoms with E-state index in [2.05, 4.69) is 10.2 Å². The van der Waals surface area contributed by atoms with Crippen molar-refractivity contribution in [2.45, 2.75) is 0 Å². The van der Waals surface area contributed by atoms with Crippen molar-refractivity contribution in [3.8, 4) is 0 Å². The van der Waals surface area contributed by atoms with Crippen LogP contribution in [0.4, 0.5) is 17.1 Å². The van der Waals surface area contributed by atoms with Crippen molar-refractivity contribution in [1.82, 2.24) is 0 Å². The molecule has 4 rings (SSSR count). The number of anilines is 1. The molecule has 0 saturated heterocycles. The summed E-state index contributed by atoms with van der Waals surface area (Å²) in [6.45, 7) is 0. The van der Waals surface area contributed by atoms with Gasteiger partial charge in [0, 0.05) is 0 Å². The van der Waals surface area contributed by atoms with E-state index in [-0.39, 0.29) is 11.8 Å². The van der Waals surface area contributed by atoms with Crippen LogP contribution >= 0.6 is 0 Å². The maximum absolute atomic E-state index is 12.5. The van der Waals surface area contributed by atoms with Gasteiger partial charge in [0.25, 0.3) is 11.8 Å². The number of nitrogens with zero attached hydrogens (tertiary/aromatic N) is 3. The molecule has 1 aliphatic heterocycles. The standard InChI is InChI=1S/C20H13N3O2/c24-19-17-8-4-5-9-18(17)20(25)23(19)16-12-10-15(11-13-16)22-21-14-6-2-1-3-7-14/h1-13H. The zero-order valence-corrected chi connectivity index (χ0v) is 13.2. The molecule has 120 valence electrons. The first-order valence-corrected chi connectivity index (χ1v) is 7.79. The van der Waals surface area contributed by atoms with Gasteiger partial charge in [-0.2, -0.15) is 10.2 Å². The summed E-state index contributed by atoms with van der Waals surface area (Å²) >= 11 is 0. The van der Waals surface area contributed by atoms with E-state index in [0.29, 0.717) is 22.5 Å². The van der Waals surface area contributed by atoms with Crippen molar-refractivity contribution in [3.63, 3.8) is 0 Å². The topological polar surface area (TPSA) is 62.1 Å². The minimum atomic E-state index is -0.306. The van der Waals surface area contributed by atoms with E-state index in [4.69, 9.17) is 0 Å². The fourth-order valence-electron chi connectivity index (χ4n) is 2.70. The van der Waals surface area contributed by atoms with Gasteiger partial charge in [-0.1, -0.05) is 30.3 Å². The molecule has 0 bridgehead atoms. The summed E-state index contributed by atoms with van der Waals surface area (Å²) in [5.74, 6) is -0.612. The van der Waals surface area contributed by atoms with Gasteiger partial charge in [-0.15, -0.1) is 0 Å². The lowest BCUT2D eigenvalue weighted by Crippen LogP contribution is -2.29. The second-order valence-corrected chi connectivity index (χ2v) is 5.54. The highest BCUT2D eigenvalue weighted by molar-refractivity contribution is 6.34. The molecule has 5 heteroatoms. The quantitative estimate of drug-likeness (QED) is 0.507. The number of imide groups is 1. The summed E-state index contributed by atoms with van der Waals surface area (Å²) in [4.78, 5) is 26.1. The van der Waals surface area contributed by atoms with E-state index < -0.39 is 0 Å². The summed E-state index contributed by atoms with van der Waals surface area (Å²) in [6.07, 6.45) is 0. The molecule has 25 heavy (non-hydrogen) atoms. The Morgan fingerprint density at radius 2 is 1.04 bits per heavy atom. The molecule has 0 unspecified atom stereocenters. The highest BCUT2D eigenvalue weighted by Gasteiger charge is 2.36. The molecule has 2 amide bonds. The first kappa shape index (κ1) is 15.0. The minimum absolute atomic E-state index is 0.306. The maximum atomic E-state index is 12.5. The number of azo groups is 1. The molecule has 0 N–H and O–H groups in total. The summed E-state index contributed by atoms with van der Waals surface area (Å²) < 4.78 is 0. The van der Waals surface area contributed by atoms with Crippen LogP contribution < -0.4 is 4.90 Å². The Morgan fingerprint density at radius 1 is 0.560 bits per heavy atom. The maximum Gasteiger partial charge on any atom is 0.266 e. The van der Waals surface area contributed by atoms with Crippen molar-refractivity contribution in [3.05, 3.63) is 90.0 Å². The number of amides is 2. The molecule has 1 heterocycles. The van der Waals surface area contributed by atoms with Gasteiger partial charge in [0.05, 0.1) is 28.2 Å². The fraction of sp³-hybridized carbons (Fsp3) is 0. The van der Waals surface area contributed by atoms with E-state index in [1.54, 1.807) is 48.5 Å². The van der Waals surface area contributed by atoms with Gasteiger partial charge in [0.15, 0.2) is 0 Å². The van der Waals surface area contributed by atoms with E-state index >= 15 is 0 Å². The van der Waals surface area contributed by atoms with Crippen LogP contribution in [0.3, 0.4) is 0 Å². The average molecular weight is 327 g/mol. The summed E-state index contributed by atoms with van der Waals surface area (Å²) in [7, 11) is 0. The zero-order chi connectivity index (χ0) is 17.2. The summed E-state index contributed by atoms with van der Waals surface area (Å²) in [5, 5.41) is 8.30. The van der Waals surface area contributed by atoms with Crippen LogP contribution in [-0.2, 0) is 0 Å². The number of hydrogen-bond acceptors (Lipinski definition) is 4. The van der Waals surface area contributed by atoms with E-state index in [1.165, 1.54) is 4.90 Å². The zero-order valence-electron chi connectivity index (χ0n) is 13.2. The van der Waals surface area contributed by atoms with Gasteiger partial charge in [-0.05, 0) is 48.5 Å². The van der Waals surface area contributed by atoms with Crippen LogP contribution in [0.1, 0.15) is 20.7 Å². The van der Waals surface area contributed by atoms with Crippen LogP contribution in [0.15, 0.2) is 89.1 Å². The van der Waals surface area contributed by atoms with Gasteiger partial charge >= 0.3 is 0 Å². The van der Waals surface area contributed by atoms with Crippen molar-refractivity contribution in [2.75, 3.05) is 4.90 Å². The first-order chi connectivity index (χ1) is 12.2. The molecule has 1 aliphatic rings. The number of carbonyl (C=O) groups is 2. The number of carbonyl (C=O) groups excluding carboxylic acids is 2. The SMILES string of the molecule is O=C1c2ccccc2C(=O)N1c1ccc(N=Nc2ccccc2)cc1. The summed E-state index contributed by atoms with van der Waals surface area (Å²) in [6, 6.07) is 23.1. The molecule has 0 radical (unpaired) electrons. The third kappa shape index (κ3) is 2.72. The van der Waals surface area contributed by atoms with Crippen molar-refractivity contribution in [2.24, 2.45) is 10.2 Å². The van der Waals surface area contributed by atoms with Gasteiger partial charge in [0.2, 0.25) is 0 Å². The second-order valence-electron chi connectivity index (χ2n) is 5.54. The number of benzene rings is 3. The minimum Gasteiger partial charge on any atom is -0.268 e. The van der Waals surface area contributed by atoms with Crippen molar-refractivity contribution in [1.29, 1.82) is 0 Å². The predicted molar refractivity (Wildman–Crippen MR) is 94.6 cm³/mol. The molecule has 0 aromatic heterocycles. The molecular weight excluding hydrogens is 314 g/mol. The average Bonchev–Trinajstić information content (AvgIpc) is 2.93. The Morgan fingerprint density at radius 3 is 1.60 bits per heavy atom. The lowest BCUT2D eigenvalue weighted by atomic mass is 10.1. The molecule has 0 aliphatic carbocycles. The van der Waals surface area contributed by atoms with E-state index in [9.17, 15) is 9.59 Å². The molecular formula is C20H13N3O2. The lowest BCUT2D eigenvalue weighted by Gasteiger charge is -2.13. The van der Waals surface area contributed by atoms with Crippen LogP contribution in [0.5, 0.6) is 0 Å². The summed E-state index contributed by atoms with van der Waals surface area (Å²) in [5.41, 5.74) is 2.78. The van der Waals surface area contributed by atoms with Crippen molar-refractivity contribution < 1.29 is 9.59 Å². The van der Waals surface area contributed by atoms with Crippen LogP contribution in [0, 0.1) is 0 Å². The third-order valence-corrected chi connectivity index (χ3v) is 3.94. The Bertz CT molecular complexity index is 944. The highest BCUT2D eigenvalue weighted by Crippen LogP contribution is 2.29. The predicted octanol–water partition coefficient (Wildman–Crippen LogP) is 4.90. The smallest absolute Gasteiger partial charge is 0.266 e. The lowest BCUT2D eigenvalue weighted by molar-refractivity contribution is 0.0926. The largest absolute Gasteiger partial charge is 0.268 e. The number of hydrogen-bond donors (Lipinski definition) is 0. The van der Waals surface area contributed by atoms with Gasteiger partial charge in [0.1, 0.15) is 0 Å². The fourth-order valence-corrected chi connectivity index (χ4v) is 2.70. The third-order valence-electron chi connectivity index (χ3n) is 3.94. The molecule has 0 spiro atoms. The van der Waals surface area contributed by atoms with Crippen LogP contribution in [-0.4, -0.2) is 11.8 Å². The van der Waals surface area contributed by atoms with E-state index in [1.807, 2.05) is 30.3 Å². The number of fused-ring (bicyclic) bond motifs is 1. The molecule has 0 fully saturated rings. The Labute approximate surface area is 144 Å². The molecule has 3 aromatic carbocycles. The van der Waals surface area contributed by atoms with Gasteiger partial charge in [-0.3, -0.25) is 9.59 Å². The Hall–Kier alpha value is -3.60. The Balaban J connectivity index is 1.58. The van der Waals surface area contributed by atoms with E-state index in [0.717, 1.165) is 5.69 Å². The monoisotopic (exact) mass is 327 g/mol. The normalized spacial score (nSPS) is 13.5. The van der Waals surface area contributed by atoms with Crippen LogP contribution in [0.2, 0.25) is 0 Å². The molecule has 0 saturated carbocycles. The Kier molecular flexibility index (Phi) is 3.67. The van der Waals surface area contributed by atoms with Crippen LogP contribution in [0.25, 0.3) is 0 Å². The highest BCUT2D eigenvalue weighted by atomic mass is 16.2.